The Kier molecular flexibility index (Phi) is 4.09. The number of nitrogens with one attached hydrogen (secondary N) is 1. The number of aryl methyl sites for hydroxylation is 1. The molecule has 1 amide bonds. The Morgan fingerprint density at radius 3 is 2.55 bits per heavy atom. The van der Waals surface area contributed by atoms with E-state index in [4.69, 9.17) is 11.0 Å². The maximum absolute atomic E-state index is 12.2. The fourth-order valence-electron chi connectivity index (χ4n) is 1.91. The quantitative estimate of drug-likeness (QED) is 0.752. The van der Waals surface area contributed by atoms with Gasteiger partial charge in [-0.05, 0) is 48.9 Å². The summed E-state index contributed by atoms with van der Waals surface area (Å²) in [6.07, 6.45) is 0. The van der Waals surface area contributed by atoms with Gasteiger partial charge in [-0.15, -0.1) is 0 Å². The number of carbonyl (C=O) groups excluding carboxylic acids is 1. The summed E-state index contributed by atoms with van der Waals surface area (Å²) in [5, 5.41) is 20.5. The Morgan fingerprint density at radius 2 is 1.95 bits per heavy atom. The smallest absolute Gasteiger partial charge is 0.337 e. The molecular formula is C16H13N3O3. The third-order valence-corrected chi connectivity index (χ3v) is 3.16. The molecule has 0 aliphatic rings. The zero-order valence-electron chi connectivity index (χ0n) is 11.8. The van der Waals surface area contributed by atoms with Gasteiger partial charge >= 0.3 is 5.97 Å². The van der Waals surface area contributed by atoms with Crippen LogP contribution in [0.2, 0.25) is 0 Å². The number of nitriles is 1. The summed E-state index contributed by atoms with van der Waals surface area (Å²) in [5.74, 6) is -1.67. The van der Waals surface area contributed by atoms with Crippen LogP contribution in [0.15, 0.2) is 36.4 Å². The lowest BCUT2D eigenvalue weighted by atomic mass is 10.1. The number of aromatic carboxylic acids is 1. The van der Waals surface area contributed by atoms with Crippen molar-refractivity contribution in [2.45, 2.75) is 6.92 Å². The fourth-order valence-corrected chi connectivity index (χ4v) is 1.91. The summed E-state index contributed by atoms with van der Waals surface area (Å²) < 4.78 is 0. The lowest BCUT2D eigenvalue weighted by molar-refractivity contribution is 0.0698. The van der Waals surface area contributed by atoms with E-state index in [9.17, 15) is 14.7 Å². The predicted octanol–water partition coefficient (Wildman–Crippen LogP) is 2.40. The Labute approximate surface area is 126 Å². The van der Waals surface area contributed by atoms with Gasteiger partial charge in [-0.2, -0.15) is 5.26 Å². The van der Waals surface area contributed by atoms with Crippen molar-refractivity contribution in [3.63, 3.8) is 0 Å². The van der Waals surface area contributed by atoms with E-state index in [-0.39, 0.29) is 16.8 Å². The second-order valence-corrected chi connectivity index (χ2v) is 4.70. The minimum Gasteiger partial charge on any atom is -0.478 e. The van der Waals surface area contributed by atoms with E-state index in [0.717, 1.165) is 5.56 Å². The summed E-state index contributed by atoms with van der Waals surface area (Å²) in [6.45, 7) is 1.77. The van der Waals surface area contributed by atoms with Crippen LogP contribution in [-0.4, -0.2) is 17.0 Å². The molecule has 6 nitrogen and oxygen atoms in total. The molecule has 22 heavy (non-hydrogen) atoms. The molecule has 0 saturated heterocycles. The highest BCUT2D eigenvalue weighted by atomic mass is 16.4. The highest BCUT2D eigenvalue weighted by Gasteiger charge is 2.15. The van der Waals surface area contributed by atoms with Gasteiger partial charge in [-0.1, -0.05) is 0 Å². The average Bonchev–Trinajstić information content (AvgIpc) is 2.50. The minimum absolute atomic E-state index is 0.131. The Bertz CT molecular complexity index is 807. The first-order valence-corrected chi connectivity index (χ1v) is 6.37. The standard InChI is InChI=1S/C16H13N3O3/c1-9-6-11(3-4-13(9)18)15(20)19-14-5-2-10(8-17)7-12(14)16(21)22/h2-7H,18H2,1H3,(H,19,20)(H,21,22). The second-order valence-electron chi connectivity index (χ2n) is 4.70. The van der Waals surface area contributed by atoms with Gasteiger partial charge in [-0.3, -0.25) is 4.79 Å². The predicted molar refractivity (Wildman–Crippen MR) is 81.7 cm³/mol. The van der Waals surface area contributed by atoms with Crippen molar-refractivity contribution in [1.29, 1.82) is 5.26 Å². The number of carboxylic acids is 1. The molecule has 0 fully saturated rings. The fraction of sp³-hybridized carbons (Fsp3) is 0.0625. The highest BCUT2D eigenvalue weighted by molar-refractivity contribution is 6.08. The molecule has 6 heteroatoms. The van der Waals surface area contributed by atoms with Crippen LogP contribution in [0.3, 0.4) is 0 Å². The number of anilines is 2. The zero-order valence-corrected chi connectivity index (χ0v) is 11.8. The van der Waals surface area contributed by atoms with Gasteiger partial charge < -0.3 is 16.2 Å². The molecule has 2 aromatic rings. The van der Waals surface area contributed by atoms with Crippen molar-refractivity contribution < 1.29 is 14.7 Å². The van der Waals surface area contributed by atoms with Gasteiger partial charge in [0.1, 0.15) is 0 Å². The summed E-state index contributed by atoms with van der Waals surface area (Å²) >= 11 is 0. The van der Waals surface area contributed by atoms with E-state index in [2.05, 4.69) is 5.32 Å². The molecule has 0 aliphatic heterocycles. The number of rotatable bonds is 3. The van der Waals surface area contributed by atoms with E-state index in [1.165, 1.54) is 18.2 Å². The summed E-state index contributed by atoms with van der Waals surface area (Å²) in [6, 6.07) is 10.7. The van der Waals surface area contributed by atoms with E-state index in [0.29, 0.717) is 11.3 Å². The average molecular weight is 295 g/mol. The van der Waals surface area contributed by atoms with Gasteiger partial charge in [0.25, 0.3) is 5.91 Å². The van der Waals surface area contributed by atoms with Crippen LogP contribution >= 0.6 is 0 Å². The molecule has 2 rings (SSSR count). The molecule has 0 aromatic heterocycles. The van der Waals surface area contributed by atoms with Crippen molar-refractivity contribution in [2.75, 3.05) is 11.1 Å². The van der Waals surface area contributed by atoms with Crippen LogP contribution in [0.4, 0.5) is 11.4 Å². The van der Waals surface area contributed by atoms with Gasteiger partial charge in [0, 0.05) is 11.3 Å². The lowest BCUT2D eigenvalue weighted by Gasteiger charge is -2.10. The normalized spacial score (nSPS) is 9.82. The first-order chi connectivity index (χ1) is 10.4. The van der Waals surface area contributed by atoms with Gasteiger partial charge in [-0.25, -0.2) is 4.79 Å². The number of hydrogen-bond acceptors (Lipinski definition) is 4. The SMILES string of the molecule is Cc1cc(C(=O)Nc2ccc(C#N)cc2C(=O)O)ccc1N. The number of carbonyl (C=O) groups is 2. The van der Waals surface area contributed by atoms with Crippen LogP contribution < -0.4 is 11.1 Å². The molecule has 0 radical (unpaired) electrons. The van der Waals surface area contributed by atoms with Crippen molar-refractivity contribution in [1.82, 2.24) is 0 Å². The maximum atomic E-state index is 12.2. The number of nitrogens with zero attached hydrogens (tertiary/aromatic N) is 1. The number of nitrogen functional groups attached to an aromatic ring is 1. The largest absolute Gasteiger partial charge is 0.478 e. The van der Waals surface area contributed by atoms with Gasteiger partial charge in [0.15, 0.2) is 0 Å². The topological polar surface area (TPSA) is 116 Å². The number of benzene rings is 2. The van der Waals surface area contributed by atoms with Crippen molar-refractivity contribution in [3.05, 3.63) is 58.7 Å². The first-order valence-electron chi connectivity index (χ1n) is 6.37. The number of amides is 1. The van der Waals surface area contributed by atoms with Crippen LogP contribution in [0.5, 0.6) is 0 Å². The molecule has 0 saturated carbocycles. The molecule has 0 aliphatic carbocycles. The molecule has 110 valence electrons. The van der Waals surface area contributed by atoms with E-state index < -0.39 is 11.9 Å². The molecular weight excluding hydrogens is 282 g/mol. The summed E-state index contributed by atoms with van der Waals surface area (Å²) in [4.78, 5) is 23.4. The zero-order chi connectivity index (χ0) is 16.3. The molecule has 0 atom stereocenters. The summed E-state index contributed by atoms with van der Waals surface area (Å²) in [5.41, 5.74) is 7.59. The Hall–Kier alpha value is -3.33. The number of carboxylic acid groups (broad SMARTS) is 1. The highest BCUT2D eigenvalue weighted by Crippen LogP contribution is 2.19. The molecule has 0 heterocycles. The first kappa shape index (κ1) is 15.1. The van der Waals surface area contributed by atoms with Crippen molar-refractivity contribution >= 4 is 23.3 Å². The number of nitrogens with two attached hydrogens (primary N) is 1. The lowest BCUT2D eigenvalue weighted by Crippen LogP contribution is -2.15. The molecule has 4 N–H and O–H groups in total. The van der Waals surface area contributed by atoms with Crippen LogP contribution in [0.25, 0.3) is 0 Å². The van der Waals surface area contributed by atoms with Crippen molar-refractivity contribution in [2.24, 2.45) is 0 Å². The van der Waals surface area contributed by atoms with E-state index >= 15 is 0 Å². The minimum atomic E-state index is -1.22. The van der Waals surface area contributed by atoms with Crippen molar-refractivity contribution in [3.8, 4) is 6.07 Å². The Morgan fingerprint density at radius 1 is 1.23 bits per heavy atom. The number of hydrogen-bond donors (Lipinski definition) is 3. The van der Waals surface area contributed by atoms with Crippen LogP contribution in [-0.2, 0) is 0 Å². The second kappa shape index (κ2) is 5.97. The van der Waals surface area contributed by atoms with Gasteiger partial charge in [0.2, 0.25) is 0 Å². The Balaban J connectivity index is 2.34. The molecule has 0 spiro atoms. The monoisotopic (exact) mass is 295 g/mol. The van der Waals surface area contributed by atoms with Gasteiger partial charge in [0.05, 0.1) is 22.9 Å². The molecule has 0 unspecified atom stereocenters. The maximum Gasteiger partial charge on any atom is 0.337 e. The molecule has 0 bridgehead atoms. The van der Waals surface area contributed by atoms with Crippen LogP contribution in [0, 0.1) is 18.3 Å². The third-order valence-electron chi connectivity index (χ3n) is 3.16. The third kappa shape index (κ3) is 3.04. The summed E-state index contributed by atoms with van der Waals surface area (Å²) in [7, 11) is 0. The van der Waals surface area contributed by atoms with Crippen LogP contribution in [0.1, 0.15) is 31.8 Å². The molecule has 2 aromatic carbocycles. The van der Waals surface area contributed by atoms with E-state index in [1.54, 1.807) is 25.1 Å². The van der Waals surface area contributed by atoms with E-state index in [1.807, 2.05) is 6.07 Å².